The van der Waals surface area contributed by atoms with Gasteiger partial charge in [-0.25, -0.2) is 0 Å². The van der Waals surface area contributed by atoms with E-state index in [-0.39, 0.29) is 0 Å². The summed E-state index contributed by atoms with van der Waals surface area (Å²) in [4.78, 5) is 5.01. The number of rotatable bonds is 5. The van der Waals surface area contributed by atoms with Gasteiger partial charge < -0.3 is 19.9 Å². The molecule has 2 heterocycles. The largest absolute Gasteiger partial charge is 0.379 e. The predicted molar refractivity (Wildman–Crippen MR) is 70.3 cm³/mol. The van der Waals surface area contributed by atoms with E-state index in [9.17, 15) is 0 Å². The van der Waals surface area contributed by atoms with Gasteiger partial charge >= 0.3 is 0 Å². The molecule has 0 saturated carbocycles. The summed E-state index contributed by atoms with van der Waals surface area (Å²) >= 11 is 0. The number of nitrogens with zero attached hydrogens (tertiary/aromatic N) is 2. The van der Waals surface area contributed by atoms with Crippen LogP contribution in [-0.4, -0.2) is 75.4 Å². The fourth-order valence-corrected chi connectivity index (χ4v) is 2.70. The van der Waals surface area contributed by atoms with Crippen LogP contribution in [-0.2, 0) is 4.74 Å². The highest BCUT2D eigenvalue weighted by Crippen LogP contribution is 2.16. The van der Waals surface area contributed by atoms with Gasteiger partial charge in [-0.3, -0.25) is 0 Å². The minimum absolute atomic E-state index is 0.578. The van der Waals surface area contributed by atoms with E-state index >= 15 is 0 Å². The predicted octanol–water partition coefficient (Wildman–Crippen LogP) is 0.248. The molecule has 2 aliphatic rings. The Morgan fingerprint density at radius 1 is 1.18 bits per heavy atom. The van der Waals surface area contributed by atoms with Crippen LogP contribution in [0.3, 0.4) is 0 Å². The molecule has 2 atom stereocenters. The molecule has 2 fully saturated rings. The van der Waals surface area contributed by atoms with Crippen molar-refractivity contribution in [1.82, 2.24) is 15.1 Å². The van der Waals surface area contributed by atoms with Gasteiger partial charge in [0.05, 0.1) is 13.2 Å². The van der Waals surface area contributed by atoms with E-state index < -0.39 is 0 Å². The van der Waals surface area contributed by atoms with Gasteiger partial charge in [0.1, 0.15) is 0 Å². The quantitative estimate of drug-likeness (QED) is 0.747. The van der Waals surface area contributed by atoms with Crippen LogP contribution in [0.5, 0.6) is 0 Å². The number of likely N-dealkylation sites (N-methyl/N-ethyl adjacent to an activating group) is 1. The van der Waals surface area contributed by atoms with Gasteiger partial charge in [0.2, 0.25) is 0 Å². The first kappa shape index (κ1) is 13.3. The van der Waals surface area contributed by atoms with E-state index in [1.54, 1.807) is 0 Å². The molecule has 0 aromatic carbocycles. The number of piperazine rings is 1. The highest BCUT2D eigenvalue weighted by molar-refractivity contribution is 4.84. The Balaban J connectivity index is 1.73. The molecule has 4 heteroatoms. The average Bonchev–Trinajstić information content (AvgIpc) is 2.77. The lowest BCUT2D eigenvalue weighted by molar-refractivity contribution is 0.123. The summed E-state index contributed by atoms with van der Waals surface area (Å²) < 4.78 is 5.63. The third-order valence-corrected chi connectivity index (χ3v) is 3.94. The molecule has 0 spiro atoms. The second-order valence-electron chi connectivity index (χ2n) is 5.46. The first-order chi connectivity index (χ1) is 8.29. The highest BCUT2D eigenvalue weighted by atomic mass is 16.5. The van der Waals surface area contributed by atoms with Gasteiger partial charge in [0.15, 0.2) is 0 Å². The Labute approximate surface area is 105 Å². The molecule has 2 unspecified atom stereocenters. The Bertz CT molecular complexity index is 217. The Morgan fingerprint density at radius 3 is 2.65 bits per heavy atom. The third-order valence-electron chi connectivity index (χ3n) is 3.94. The summed E-state index contributed by atoms with van der Waals surface area (Å²) in [5.74, 6) is 0.685. The molecule has 0 aliphatic carbocycles. The third kappa shape index (κ3) is 3.91. The number of hydrogen-bond acceptors (Lipinski definition) is 4. The normalized spacial score (nSPS) is 32.1. The van der Waals surface area contributed by atoms with E-state index in [0.717, 1.165) is 19.8 Å². The van der Waals surface area contributed by atoms with Gasteiger partial charge in [0.25, 0.3) is 0 Å². The highest BCUT2D eigenvalue weighted by Gasteiger charge is 2.29. The van der Waals surface area contributed by atoms with E-state index in [1.165, 1.54) is 39.1 Å². The molecule has 0 aromatic heterocycles. The van der Waals surface area contributed by atoms with Gasteiger partial charge in [0, 0.05) is 44.7 Å². The van der Waals surface area contributed by atoms with Gasteiger partial charge in [-0.15, -0.1) is 0 Å². The van der Waals surface area contributed by atoms with Crippen molar-refractivity contribution in [1.29, 1.82) is 0 Å². The second kappa shape index (κ2) is 6.69. The molecule has 100 valence electrons. The zero-order valence-electron chi connectivity index (χ0n) is 11.3. The summed E-state index contributed by atoms with van der Waals surface area (Å²) in [6, 6.07) is 0.578. The maximum Gasteiger partial charge on any atom is 0.0623 e. The molecule has 2 saturated heterocycles. The lowest BCUT2D eigenvalue weighted by atomic mass is 10.0. The summed E-state index contributed by atoms with van der Waals surface area (Å²) in [7, 11) is 2.21. The Hall–Kier alpha value is -0.160. The van der Waals surface area contributed by atoms with Crippen molar-refractivity contribution in [3.8, 4) is 0 Å². The average molecular weight is 241 g/mol. The van der Waals surface area contributed by atoms with Crippen LogP contribution in [0.1, 0.15) is 13.3 Å². The summed E-state index contributed by atoms with van der Waals surface area (Å²) in [6.45, 7) is 11.2. The summed E-state index contributed by atoms with van der Waals surface area (Å²) in [5.41, 5.74) is 0. The first-order valence-electron chi connectivity index (χ1n) is 7.01. The standard InChI is InChI=1S/C13H27N3O/c1-3-4-14-13-11-17-10-12(13)9-16-7-5-15(2)6-8-16/h12-14H,3-11H2,1-2H3. The molecule has 2 aliphatic heterocycles. The molecule has 2 rings (SSSR count). The molecular weight excluding hydrogens is 214 g/mol. The molecule has 1 N–H and O–H groups in total. The summed E-state index contributed by atoms with van der Waals surface area (Å²) in [6.07, 6.45) is 1.21. The van der Waals surface area contributed by atoms with E-state index in [4.69, 9.17) is 4.74 Å². The Kier molecular flexibility index (Phi) is 5.22. The van der Waals surface area contributed by atoms with E-state index in [0.29, 0.717) is 12.0 Å². The van der Waals surface area contributed by atoms with Crippen LogP contribution >= 0.6 is 0 Å². The second-order valence-corrected chi connectivity index (χ2v) is 5.46. The van der Waals surface area contributed by atoms with Crippen molar-refractivity contribution in [2.45, 2.75) is 19.4 Å². The minimum atomic E-state index is 0.578. The fraction of sp³-hybridized carbons (Fsp3) is 1.00. The van der Waals surface area contributed by atoms with Gasteiger partial charge in [-0.2, -0.15) is 0 Å². The number of nitrogens with one attached hydrogen (secondary N) is 1. The van der Waals surface area contributed by atoms with E-state index in [2.05, 4.69) is 29.1 Å². The molecule has 4 nitrogen and oxygen atoms in total. The number of ether oxygens (including phenoxy) is 1. The maximum absolute atomic E-state index is 5.63. The van der Waals surface area contributed by atoms with Gasteiger partial charge in [-0.05, 0) is 20.0 Å². The van der Waals surface area contributed by atoms with Crippen LogP contribution in [0.2, 0.25) is 0 Å². The first-order valence-corrected chi connectivity index (χ1v) is 7.01. The van der Waals surface area contributed by atoms with Gasteiger partial charge in [-0.1, -0.05) is 6.92 Å². The van der Waals surface area contributed by atoms with Crippen molar-refractivity contribution >= 4 is 0 Å². The monoisotopic (exact) mass is 241 g/mol. The smallest absolute Gasteiger partial charge is 0.0623 e. The SMILES string of the molecule is CCCNC1COCC1CN1CCN(C)CC1. The van der Waals surface area contributed by atoms with Crippen LogP contribution in [0, 0.1) is 5.92 Å². The van der Waals surface area contributed by atoms with Crippen LogP contribution < -0.4 is 5.32 Å². The molecule has 0 radical (unpaired) electrons. The fourth-order valence-electron chi connectivity index (χ4n) is 2.70. The van der Waals surface area contributed by atoms with Crippen molar-refractivity contribution in [3.05, 3.63) is 0 Å². The zero-order chi connectivity index (χ0) is 12.1. The topological polar surface area (TPSA) is 27.7 Å². The van der Waals surface area contributed by atoms with Crippen molar-refractivity contribution in [3.63, 3.8) is 0 Å². The lowest BCUT2D eigenvalue weighted by Gasteiger charge is -2.34. The lowest BCUT2D eigenvalue weighted by Crippen LogP contribution is -2.49. The minimum Gasteiger partial charge on any atom is -0.379 e. The molecule has 0 aromatic rings. The van der Waals surface area contributed by atoms with Crippen LogP contribution in [0.15, 0.2) is 0 Å². The van der Waals surface area contributed by atoms with Crippen molar-refractivity contribution < 1.29 is 4.74 Å². The molecule has 0 amide bonds. The summed E-state index contributed by atoms with van der Waals surface area (Å²) in [5, 5.41) is 3.62. The molecule has 0 bridgehead atoms. The van der Waals surface area contributed by atoms with Crippen molar-refractivity contribution in [2.75, 3.05) is 59.5 Å². The van der Waals surface area contributed by atoms with Crippen molar-refractivity contribution in [2.24, 2.45) is 5.92 Å². The van der Waals surface area contributed by atoms with E-state index in [1.807, 2.05) is 0 Å². The van der Waals surface area contributed by atoms with Crippen LogP contribution in [0.25, 0.3) is 0 Å². The zero-order valence-corrected chi connectivity index (χ0v) is 11.3. The molecule has 17 heavy (non-hydrogen) atoms. The van der Waals surface area contributed by atoms with Crippen LogP contribution in [0.4, 0.5) is 0 Å². The number of hydrogen-bond donors (Lipinski definition) is 1. The molecular formula is C13H27N3O. The Morgan fingerprint density at radius 2 is 1.94 bits per heavy atom. The maximum atomic E-state index is 5.63.